The van der Waals surface area contributed by atoms with Crippen molar-refractivity contribution in [1.29, 1.82) is 0 Å². The minimum atomic E-state index is -2.94. The third-order valence-electron chi connectivity index (χ3n) is 4.37. The fourth-order valence-electron chi connectivity index (χ4n) is 2.87. The minimum Gasteiger partial charge on any atom is -0.497 e. The molecule has 10 heteroatoms. The summed E-state index contributed by atoms with van der Waals surface area (Å²) in [6, 6.07) is 10.4. The van der Waals surface area contributed by atoms with E-state index in [2.05, 4.69) is 20.4 Å². The van der Waals surface area contributed by atoms with E-state index in [-0.39, 0.29) is 19.1 Å². The molecule has 0 atom stereocenters. The molecule has 0 unspecified atom stereocenters. The summed E-state index contributed by atoms with van der Waals surface area (Å²) >= 11 is 0. The Morgan fingerprint density at radius 2 is 1.90 bits per heavy atom. The molecule has 0 spiro atoms. The first-order valence-electron chi connectivity index (χ1n) is 9.67. The van der Waals surface area contributed by atoms with Gasteiger partial charge in [0.25, 0.3) is 0 Å². The van der Waals surface area contributed by atoms with Crippen LogP contribution in [0.3, 0.4) is 0 Å². The summed E-state index contributed by atoms with van der Waals surface area (Å²) < 4.78 is 51.5. The van der Waals surface area contributed by atoms with E-state index in [1.165, 1.54) is 6.07 Å². The Kier molecular flexibility index (Phi) is 7.97. The average Bonchev–Trinajstić information content (AvgIpc) is 3.22. The number of hydrogen-bond acceptors (Lipinski definition) is 6. The zero-order chi connectivity index (χ0) is 22.1. The van der Waals surface area contributed by atoms with Crippen LogP contribution in [0.15, 0.2) is 41.4 Å². The molecule has 2 aromatic carbocycles. The molecule has 0 aliphatic carbocycles. The van der Waals surface area contributed by atoms with Crippen molar-refractivity contribution in [1.82, 2.24) is 10.6 Å². The van der Waals surface area contributed by atoms with Gasteiger partial charge < -0.3 is 34.3 Å². The van der Waals surface area contributed by atoms with Crippen LogP contribution in [0.25, 0.3) is 0 Å². The summed E-state index contributed by atoms with van der Waals surface area (Å²) in [5.41, 5.74) is 0.494. The number of nitrogens with zero attached hydrogens (tertiary/aromatic N) is 1. The van der Waals surface area contributed by atoms with Crippen LogP contribution in [0.1, 0.15) is 12.0 Å². The summed E-state index contributed by atoms with van der Waals surface area (Å²) in [4.78, 5) is 4.14. The van der Waals surface area contributed by atoms with Crippen molar-refractivity contribution < 1.29 is 32.5 Å². The molecule has 0 saturated heterocycles. The van der Waals surface area contributed by atoms with Crippen LogP contribution < -0.4 is 34.3 Å². The van der Waals surface area contributed by atoms with Gasteiger partial charge >= 0.3 is 6.61 Å². The number of rotatable bonds is 10. The van der Waals surface area contributed by atoms with Crippen LogP contribution >= 0.6 is 0 Å². The Balaban J connectivity index is 1.46. The molecular formula is C21H25F2N3O5. The maximum absolute atomic E-state index is 12.8. The van der Waals surface area contributed by atoms with E-state index < -0.39 is 6.61 Å². The van der Waals surface area contributed by atoms with Crippen LogP contribution in [0, 0.1) is 0 Å². The van der Waals surface area contributed by atoms with E-state index in [4.69, 9.17) is 18.9 Å². The SMILES string of the molecule is CN=C(NCCCOc1cccc(OC)c1)NCc1cc2c(cc1OC(F)F)OCO2. The normalized spacial score (nSPS) is 12.6. The molecule has 2 aromatic rings. The minimum absolute atomic E-state index is 0.0221. The number of guanidine groups is 1. The predicted octanol–water partition coefficient (Wildman–Crippen LogP) is 3.16. The van der Waals surface area contributed by atoms with E-state index in [1.54, 1.807) is 20.2 Å². The molecule has 0 fully saturated rings. The molecule has 31 heavy (non-hydrogen) atoms. The Morgan fingerprint density at radius 1 is 1.13 bits per heavy atom. The molecule has 0 aromatic heterocycles. The van der Waals surface area contributed by atoms with Crippen molar-refractivity contribution in [3.8, 4) is 28.7 Å². The second-order valence-corrected chi connectivity index (χ2v) is 6.43. The molecule has 0 saturated carbocycles. The van der Waals surface area contributed by atoms with Gasteiger partial charge in [-0.3, -0.25) is 4.99 Å². The lowest BCUT2D eigenvalue weighted by molar-refractivity contribution is -0.0505. The lowest BCUT2D eigenvalue weighted by Gasteiger charge is -2.15. The van der Waals surface area contributed by atoms with E-state index in [1.807, 2.05) is 24.3 Å². The van der Waals surface area contributed by atoms with Gasteiger partial charge in [-0.25, -0.2) is 0 Å². The van der Waals surface area contributed by atoms with E-state index in [0.717, 1.165) is 17.9 Å². The van der Waals surface area contributed by atoms with Crippen LogP contribution in [0.2, 0.25) is 0 Å². The zero-order valence-electron chi connectivity index (χ0n) is 17.3. The number of fused-ring (bicyclic) bond motifs is 1. The highest BCUT2D eigenvalue weighted by Gasteiger charge is 2.20. The number of alkyl halides is 2. The highest BCUT2D eigenvalue weighted by molar-refractivity contribution is 5.79. The van der Waals surface area contributed by atoms with Gasteiger partial charge in [0, 0.05) is 37.8 Å². The first kappa shape index (κ1) is 22.3. The average molecular weight is 437 g/mol. The topological polar surface area (TPSA) is 82.6 Å². The number of ether oxygens (including phenoxy) is 5. The van der Waals surface area contributed by atoms with Gasteiger partial charge in [-0.1, -0.05) is 6.07 Å². The molecule has 0 radical (unpaired) electrons. The maximum Gasteiger partial charge on any atom is 0.387 e. The van der Waals surface area contributed by atoms with Crippen LogP contribution in [-0.2, 0) is 6.54 Å². The molecule has 1 aliphatic heterocycles. The van der Waals surface area contributed by atoms with E-state index in [0.29, 0.717) is 36.2 Å². The molecular weight excluding hydrogens is 412 g/mol. The second-order valence-electron chi connectivity index (χ2n) is 6.43. The molecule has 3 rings (SSSR count). The van der Waals surface area contributed by atoms with Crippen molar-refractivity contribution >= 4 is 5.96 Å². The lowest BCUT2D eigenvalue weighted by Crippen LogP contribution is -2.37. The monoisotopic (exact) mass is 437 g/mol. The Morgan fingerprint density at radius 3 is 2.65 bits per heavy atom. The zero-order valence-corrected chi connectivity index (χ0v) is 17.3. The number of hydrogen-bond donors (Lipinski definition) is 2. The fourth-order valence-corrected chi connectivity index (χ4v) is 2.87. The van der Waals surface area contributed by atoms with E-state index in [9.17, 15) is 8.78 Å². The van der Waals surface area contributed by atoms with Crippen molar-refractivity contribution in [2.24, 2.45) is 4.99 Å². The Labute approximate surface area is 179 Å². The molecule has 1 heterocycles. The molecule has 1 aliphatic rings. The standard InChI is InChI=1S/C21H25F2N3O5/c1-24-21(25-7-4-8-28-16-6-3-5-15(10-16)27-2)26-12-14-9-18-19(30-13-29-18)11-17(14)31-20(22)23/h3,5-6,9-11,20H,4,7-8,12-13H2,1-2H3,(H2,24,25,26). The van der Waals surface area contributed by atoms with Gasteiger partial charge in [-0.15, -0.1) is 0 Å². The first-order valence-corrected chi connectivity index (χ1v) is 9.67. The van der Waals surface area contributed by atoms with Gasteiger partial charge in [-0.2, -0.15) is 8.78 Å². The highest BCUT2D eigenvalue weighted by atomic mass is 19.3. The number of halogens is 2. The summed E-state index contributed by atoms with van der Waals surface area (Å²) in [7, 11) is 3.23. The first-order chi connectivity index (χ1) is 15.1. The molecule has 0 bridgehead atoms. The largest absolute Gasteiger partial charge is 0.497 e. The van der Waals surface area contributed by atoms with Crippen molar-refractivity contribution in [2.45, 2.75) is 19.6 Å². The predicted molar refractivity (Wildman–Crippen MR) is 111 cm³/mol. The Bertz CT molecular complexity index is 895. The Hall–Kier alpha value is -3.43. The van der Waals surface area contributed by atoms with Gasteiger partial charge in [-0.05, 0) is 24.6 Å². The maximum atomic E-state index is 12.8. The number of aliphatic imine (C=N–C) groups is 1. The third kappa shape index (κ3) is 6.53. The van der Waals surface area contributed by atoms with Crippen LogP contribution in [0.4, 0.5) is 8.78 Å². The summed E-state index contributed by atoms with van der Waals surface area (Å²) in [5, 5.41) is 6.22. The summed E-state index contributed by atoms with van der Waals surface area (Å²) in [6.07, 6.45) is 0.724. The number of benzene rings is 2. The van der Waals surface area contributed by atoms with Gasteiger partial charge in [0.1, 0.15) is 17.2 Å². The third-order valence-corrected chi connectivity index (χ3v) is 4.37. The van der Waals surface area contributed by atoms with Gasteiger partial charge in [0.15, 0.2) is 17.5 Å². The molecule has 0 amide bonds. The van der Waals surface area contributed by atoms with Gasteiger partial charge in [0.2, 0.25) is 6.79 Å². The summed E-state index contributed by atoms with van der Waals surface area (Å²) in [6.45, 7) is -1.59. The van der Waals surface area contributed by atoms with Crippen molar-refractivity contribution in [3.05, 3.63) is 42.0 Å². The van der Waals surface area contributed by atoms with Gasteiger partial charge in [0.05, 0.1) is 13.7 Å². The number of nitrogens with one attached hydrogen (secondary N) is 2. The highest BCUT2D eigenvalue weighted by Crippen LogP contribution is 2.38. The second kappa shape index (κ2) is 11.1. The smallest absolute Gasteiger partial charge is 0.387 e. The summed E-state index contributed by atoms with van der Waals surface area (Å²) in [5.74, 6) is 2.86. The van der Waals surface area contributed by atoms with E-state index >= 15 is 0 Å². The van der Waals surface area contributed by atoms with Crippen molar-refractivity contribution in [2.75, 3.05) is 34.1 Å². The van der Waals surface area contributed by atoms with Crippen molar-refractivity contribution in [3.63, 3.8) is 0 Å². The number of methoxy groups -OCH3 is 1. The molecule has 8 nitrogen and oxygen atoms in total. The van der Waals surface area contributed by atoms with Crippen LogP contribution in [0.5, 0.6) is 28.7 Å². The quantitative estimate of drug-likeness (QED) is 0.336. The van der Waals surface area contributed by atoms with Crippen LogP contribution in [-0.4, -0.2) is 46.7 Å². The molecule has 2 N–H and O–H groups in total. The lowest BCUT2D eigenvalue weighted by atomic mass is 10.1. The molecule has 168 valence electrons. The fraction of sp³-hybridized carbons (Fsp3) is 0.381.